The topological polar surface area (TPSA) is 0 Å². The Morgan fingerprint density at radius 1 is 0.186 bits per heavy atom. The van der Waals surface area contributed by atoms with Crippen LogP contribution in [-0.2, 0) is 0 Å². The average molecular weight is 805 g/mol. The minimum absolute atomic E-state index is 1.22. The van der Waals surface area contributed by atoms with E-state index in [2.05, 4.69) is 218 Å². The lowest BCUT2D eigenvalue weighted by molar-refractivity contribution is 1.58. The van der Waals surface area contributed by atoms with Gasteiger partial charge in [0.2, 0.25) is 0 Å². The molecule has 0 fully saturated rings. The second kappa shape index (κ2) is 15.3. The molecule has 0 amide bonds. The van der Waals surface area contributed by atoms with Gasteiger partial charge in [-0.1, -0.05) is 218 Å². The number of fused-ring (bicyclic) bond motifs is 3. The van der Waals surface area contributed by atoms with Crippen LogP contribution < -0.4 is 0 Å². The van der Waals surface area contributed by atoms with Crippen molar-refractivity contribution in [2.24, 2.45) is 0 Å². The van der Waals surface area contributed by atoms with Gasteiger partial charge >= 0.3 is 0 Å². The highest BCUT2D eigenvalue weighted by atomic mass is 32.1. The predicted molar refractivity (Wildman–Crippen MR) is 259 cm³/mol. The molecular formula is C56H36S3. The number of rotatable bonds is 8. The Morgan fingerprint density at radius 2 is 0.441 bits per heavy atom. The van der Waals surface area contributed by atoms with E-state index in [-0.39, 0.29) is 0 Å². The minimum Gasteiger partial charge on any atom is -0.132 e. The lowest BCUT2D eigenvalue weighted by Crippen LogP contribution is -1.90. The molecule has 0 N–H and O–H groups in total. The van der Waals surface area contributed by atoms with Crippen molar-refractivity contribution in [2.75, 3.05) is 0 Å². The molecule has 0 saturated heterocycles. The SMILES string of the molecule is c1ccc(-c2cccc(-c3ccccc3)c2-c2sc3c(sc4c(-c5ccccc5)c(-c5c(-c6ccccc6)cccc5-c5ccccc5)sc43)c2-c2ccccc2)cc1. The van der Waals surface area contributed by atoms with Crippen LogP contribution in [0.15, 0.2) is 218 Å². The molecule has 59 heavy (non-hydrogen) atoms. The maximum absolute atomic E-state index is 2.30. The number of benzene rings is 8. The van der Waals surface area contributed by atoms with E-state index in [9.17, 15) is 0 Å². The van der Waals surface area contributed by atoms with Crippen molar-refractivity contribution in [3.05, 3.63) is 218 Å². The molecule has 11 rings (SSSR count). The monoisotopic (exact) mass is 804 g/mol. The van der Waals surface area contributed by atoms with Crippen LogP contribution in [0.3, 0.4) is 0 Å². The molecule has 11 aromatic rings. The van der Waals surface area contributed by atoms with Crippen LogP contribution in [0.2, 0.25) is 0 Å². The van der Waals surface area contributed by atoms with Gasteiger partial charge in [-0.15, -0.1) is 34.0 Å². The van der Waals surface area contributed by atoms with Crippen molar-refractivity contribution < 1.29 is 0 Å². The van der Waals surface area contributed by atoms with Crippen LogP contribution in [-0.4, -0.2) is 0 Å². The summed E-state index contributed by atoms with van der Waals surface area (Å²) in [6.07, 6.45) is 0. The van der Waals surface area contributed by atoms with Crippen LogP contribution in [0.25, 0.3) is 106 Å². The Labute approximate surface area is 356 Å². The molecule has 0 aliphatic heterocycles. The number of thiophene rings is 3. The van der Waals surface area contributed by atoms with Crippen molar-refractivity contribution in [3.63, 3.8) is 0 Å². The molecular weight excluding hydrogens is 769 g/mol. The normalized spacial score (nSPS) is 11.4. The Morgan fingerprint density at radius 3 is 0.712 bits per heavy atom. The van der Waals surface area contributed by atoms with E-state index in [0.29, 0.717) is 0 Å². The van der Waals surface area contributed by atoms with E-state index in [1.807, 2.05) is 34.0 Å². The third-order valence-electron chi connectivity index (χ3n) is 11.2. The van der Waals surface area contributed by atoms with E-state index < -0.39 is 0 Å². The quantitative estimate of drug-likeness (QED) is 0.144. The first-order valence-electron chi connectivity index (χ1n) is 19.9. The maximum atomic E-state index is 2.30. The summed E-state index contributed by atoms with van der Waals surface area (Å²) in [6.45, 7) is 0. The Hall–Kier alpha value is -6.62. The zero-order valence-electron chi connectivity index (χ0n) is 32.0. The molecule has 0 aliphatic rings. The lowest BCUT2D eigenvalue weighted by Gasteiger charge is -2.17. The predicted octanol–water partition coefficient (Wildman–Crippen LogP) is 17.5. The van der Waals surface area contributed by atoms with Crippen LogP contribution in [0, 0.1) is 0 Å². The van der Waals surface area contributed by atoms with Gasteiger partial charge in [0.25, 0.3) is 0 Å². The van der Waals surface area contributed by atoms with Gasteiger partial charge in [-0.3, -0.25) is 0 Å². The maximum Gasteiger partial charge on any atom is 0.0642 e. The molecule has 0 bridgehead atoms. The van der Waals surface area contributed by atoms with Gasteiger partial charge in [0, 0.05) is 32.0 Å². The Bertz CT molecular complexity index is 2880. The van der Waals surface area contributed by atoms with Gasteiger partial charge in [0.05, 0.1) is 18.8 Å². The summed E-state index contributed by atoms with van der Waals surface area (Å²) in [5, 5.41) is 0. The zero-order valence-corrected chi connectivity index (χ0v) is 34.5. The van der Waals surface area contributed by atoms with Crippen LogP contribution in [0.1, 0.15) is 0 Å². The Balaban J connectivity index is 1.26. The fourth-order valence-corrected chi connectivity index (χ4v) is 13.3. The number of hydrogen-bond donors (Lipinski definition) is 0. The zero-order chi connectivity index (χ0) is 39.1. The van der Waals surface area contributed by atoms with Crippen molar-refractivity contribution >= 4 is 52.8 Å². The smallest absolute Gasteiger partial charge is 0.0642 e. The van der Waals surface area contributed by atoms with Gasteiger partial charge in [-0.05, 0) is 55.6 Å². The van der Waals surface area contributed by atoms with Gasteiger partial charge < -0.3 is 0 Å². The first-order chi connectivity index (χ1) is 29.3. The average Bonchev–Trinajstić information content (AvgIpc) is 3.99. The highest BCUT2D eigenvalue weighted by Gasteiger charge is 2.29. The van der Waals surface area contributed by atoms with Gasteiger partial charge in [-0.25, -0.2) is 0 Å². The molecule has 8 aromatic carbocycles. The van der Waals surface area contributed by atoms with E-state index in [1.54, 1.807) is 0 Å². The molecule has 0 spiro atoms. The summed E-state index contributed by atoms with van der Waals surface area (Å²) >= 11 is 5.88. The highest BCUT2D eigenvalue weighted by molar-refractivity contribution is 7.41. The molecule has 3 heteroatoms. The molecule has 0 nitrogen and oxygen atoms in total. The molecule has 278 valence electrons. The van der Waals surface area contributed by atoms with E-state index in [0.717, 1.165) is 0 Å². The molecule has 0 aliphatic carbocycles. The van der Waals surface area contributed by atoms with E-state index >= 15 is 0 Å². The summed E-state index contributed by atoms with van der Waals surface area (Å²) in [4.78, 5) is 2.62. The number of hydrogen-bond acceptors (Lipinski definition) is 3. The van der Waals surface area contributed by atoms with Crippen molar-refractivity contribution in [1.29, 1.82) is 0 Å². The third-order valence-corrected chi connectivity index (χ3v) is 15.2. The third kappa shape index (κ3) is 6.27. The standard InChI is InChI=1S/C56H36S3/c1-7-21-37(22-8-1)43-33-19-34-44(38-23-9-2-10-24-38)49(43)51-47(41-29-15-5-16-30-41)53-55(57-51)56-54(59-53)48(42-31-17-6-18-32-42)52(58-56)50-45(39-25-11-3-12-26-39)35-20-36-46(50)40-27-13-4-14-28-40/h1-36H. The van der Waals surface area contributed by atoms with E-state index in [1.165, 1.54) is 106 Å². The fourth-order valence-electron chi connectivity index (χ4n) is 8.54. The van der Waals surface area contributed by atoms with Gasteiger partial charge in [0.1, 0.15) is 0 Å². The molecule has 0 atom stereocenters. The fraction of sp³-hybridized carbons (Fsp3) is 0. The van der Waals surface area contributed by atoms with Gasteiger partial charge in [-0.2, -0.15) is 0 Å². The molecule has 0 saturated carbocycles. The first-order valence-corrected chi connectivity index (χ1v) is 22.4. The second-order valence-corrected chi connectivity index (χ2v) is 17.7. The first kappa shape index (κ1) is 35.5. The highest BCUT2D eigenvalue weighted by Crippen LogP contribution is 2.60. The minimum atomic E-state index is 1.22. The molecule has 0 unspecified atom stereocenters. The van der Waals surface area contributed by atoms with Crippen molar-refractivity contribution in [2.45, 2.75) is 0 Å². The summed E-state index contributed by atoms with van der Waals surface area (Å²) in [7, 11) is 0. The summed E-state index contributed by atoms with van der Waals surface area (Å²) < 4.78 is 5.41. The Kier molecular flexibility index (Phi) is 9.20. The van der Waals surface area contributed by atoms with Crippen LogP contribution >= 0.6 is 34.0 Å². The van der Waals surface area contributed by atoms with Crippen LogP contribution in [0.5, 0.6) is 0 Å². The van der Waals surface area contributed by atoms with Gasteiger partial charge in [0.15, 0.2) is 0 Å². The molecule has 3 aromatic heterocycles. The molecule has 3 heterocycles. The van der Waals surface area contributed by atoms with Crippen molar-refractivity contribution in [3.8, 4) is 87.6 Å². The van der Waals surface area contributed by atoms with Crippen molar-refractivity contribution in [1.82, 2.24) is 0 Å². The largest absolute Gasteiger partial charge is 0.132 e. The second-order valence-electron chi connectivity index (χ2n) is 14.7. The summed E-state index contributed by atoms with van der Waals surface area (Å²) in [6, 6.07) is 79.4. The lowest BCUT2D eigenvalue weighted by atomic mass is 9.88. The molecule has 0 radical (unpaired) electrons. The summed E-state index contributed by atoms with van der Waals surface area (Å²) in [5.41, 5.74) is 17.5. The summed E-state index contributed by atoms with van der Waals surface area (Å²) in [5.74, 6) is 0. The van der Waals surface area contributed by atoms with E-state index in [4.69, 9.17) is 0 Å². The van der Waals surface area contributed by atoms with Crippen LogP contribution in [0.4, 0.5) is 0 Å².